The molecule has 0 aliphatic carbocycles. The van der Waals surface area contributed by atoms with Crippen molar-refractivity contribution in [2.45, 2.75) is 38.6 Å². The van der Waals surface area contributed by atoms with Crippen LogP contribution >= 0.6 is 0 Å². The highest BCUT2D eigenvalue weighted by molar-refractivity contribution is 5.28. The lowest BCUT2D eigenvalue weighted by Gasteiger charge is -2.13. The number of likely N-dealkylation sites (tertiary alicyclic amines) is 1. The second kappa shape index (κ2) is 5.45. The van der Waals surface area contributed by atoms with Crippen LogP contribution in [0, 0.1) is 0 Å². The molecule has 1 saturated heterocycles. The lowest BCUT2D eigenvalue weighted by Crippen LogP contribution is -2.24. The Hall–Kier alpha value is -1.16. The summed E-state index contributed by atoms with van der Waals surface area (Å²) in [6, 6.07) is 0.495. The second-order valence-corrected chi connectivity index (χ2v) is 5.04. The van der Waals surface area contributed by atoms with E-state index in [9.17, 15) is 0 Å². The van der Waals surface area contributed by atoms with Crippen LogP contribution in [0.5, 0.6) is 0 Å². The number of hydrogen-bond donors (Lipinski definition) is 1. The maximum Gasteiger partial charge on any atom is 0.222 e. The van der Waals surface area contributed by atoms with E-state index < -0.39 is 0 Å². The third-order valence-electron chi connectivity index (χ3n) is 3.58. The van der Waals surface area contributed by atoms with Gasteiger partial charge in [-0.3, -0.25) is 0 Å². The lowest BCUT2D eigenvalue weighted by atomic mass is 10.0. The number of aromatic nitrogens is 2. The molecular formula is C13H22N4. The van der Waals surface area contributed by atoms with Gasteiger partial charge in [0.25, 0.3) is 0 Å². The van der Waals surface area contributed by atoms with Crippen molar-refractivity contribution in [1.82, 2.24) is 14.9 Å². The SMILES string of the molecule is CCC(C)c1cnc(N[C@H]2CCN(C)C2)nc1. The Kier molecular flexibility index (Phi) is 3.94. The summed E-state index contributed by atoms with van der Waals surface area (Å²) in [7, 11) is 2.15. The van der Waals surface area contributed by atoms with Crippen LogP contribution in [0.1, 0.15) is 38.2 Å². The highest BCUT2D eigenvalue weighted by Crippen LogP contribution is 2.17. The van der Waals surface area contributed by atoms with Gasteiger partial charge < -0.3 is 10.2 Å². The highest BCUT2D eigenvalue weighted by atomic mass is 15.2. The molecule has 1 unspecified atom stereocenters. The topological polar surface area (TPSA) is 41.1 Å². The number of likely N-dealkylation sites (N-methyl/N-ethyl adjacent to an activating group) is 1. The zero-order chi connectivity index (χ0) is 12.3. The summed E-state index contributed by atoms with van der Waals surface area (Å²) in [6.45, 7) is 6.63. The van der Waals surface area contributed by atoms with E-state index in [1.54, 1.807) is 0 Å². The molecule has 2 rings (SSSR count). The lowest BCUT2D eigenvalue weighted by molar-refractivity contribution is 0.414. The fourth-order valence-electron chi connectivity index (χ4n) is 2.14. The second-order valence-electron chi connectivity index (χ2n) is 5.04. The van der Waals surface area contributed by atoms with Gasteiger partial charge in [0.1, 0.15) is 0 Å². The molecule has 1 aromatic rings. The summed E-state index contributed by atoms with van der Waals surface area (Å²) in [5.41, 5.74) is 1.22. The van der Waals surface area contributed by atoms with Crippen LogP contribution < -0.4 is 5.32 Å². The summed E-state index contributed by atoms with van der Waals surface area (Å²) in [5.74, 6) is 1.30. The third kappa shape index (κ3) is 3.16. The summed E-state index contributed by atoms with van der Waals surface area (Å²) in [5, 5.41) is 3.39. The monoisotopic (exact) mass is 234 g/mol. The van der Waals surface area contributed by atoms with E-state index in [1.807, 2.05) is 12.4 Å². The maximum atomic E-state index is 4.40. The molecule has 0 aromatic carbocycles. The number of nitrogens with one attached hydrogen (secondary N) is 1. The van der Waals surface area contributed by atoms with Gasteiger partial charge in [0.2, 0.25) is 5.95 Å². The molecule has 2 atom stereocenters. The normalized spacial score (nSPS) is 22.6. The molecule has 2 heterocycles. The molecule has 94 valence electrons. The summed E-state index contributed by atoms with van der Waals surface area (Å²) < 4.78 is 0. The van der Waals surface area contributed by atoms with Crippen molar-refractivity contribution < 1.29 is 0 Å². The molecule has 0 radical (unpaired) electrons. The van der Waals surface area contributed by atoms with E-state index in [1.165, 1.54) is 12.0 Å². The third-order valence-corrected chi connectivity index (χ3v) is 3.58. The first-order valence-corrected chi connectivity index (χ1v) is 6.46. The number of anilines is 1. The van der Waals surface area contributed by atoms with Crippen molar-refractivity contribution in [3.8, 4) is 0 Å². The fourth-order valence-corrected chi connectivity index (χ4v) is 2.14. The van der Waals surface area contributed by atoms with Gasteiger partial charge in [0, 0.05) is 25.0 Å². The van der Waals surface area contributed by atoms with E-state index in [-0.39, 0.29) is 0 Å². The average Bonchev–Trinajstić information content (AvgIpc) is 2.75. The standard InChI is InChI=1S/C13H22N4/c1-4-10(2)11-7-14-13(15-8-11)16-12-5-6-17(3)9-12/h7-8,10,12H,4-6,9H2,1-3H3,(H,14,15,16)/t10?,12-/m0/s1. The predicted octanol–water partition coefficient (Wildman–Crippen LogP) is 2.11. The van der Waals surface area contributed by atoms with Crippen molar-refractivity contribution in [3.05, 3.63) is 18.0 Å². The molecule has 0 amide bonds. The first-order chi connectivity index (χ1) is 8.19. The van der Waals surface area contributed by atoms with Gasteiger partial charge >= 0.3 is 0 Å². The molecule has 4 heteroatoms. The Balaban J connectivity index is 1.94. The largest absolute Gasteiger partial charge is 0.350 e. The Morgan fingerprint density at radius 3 is 2.71 bits per heavy atom. The van der Waals surface area contributed by atoms with Gasteiger partial charge in [0.05, 0.1) is 0 Å². The average molecular weight is 234 g/mol. The number of nitrogens with zero attached hydrogens (tertiary/aromatic N) is 3. The maximum absolute atomic E-state index is 4.40. The highest BCUT2D eigenvalue weighted by Gasteiger charge is 2.19. The smallest absolute Gasteiger partial charge is 0.222 e. The van der Waals surface area contributed by atoms with Gasteiger partial charge in [-0.25, -0.2) is 9.97 Å². The minimum absolute atomic E-state index is 0.495. The summed E-state index contributed by atoms with van der Waals surface area (Å²) in [4.78, 5) is 11.1. The molecule has 0 saturated carbocycles. The van der Waals surface area contributed by atoms with E-state index >= 15 is 0 Å². The zero-order valence-electron chi connectivity index (χ0n) is 11.0. The molecular weight excluding hydrogens is 212 g/mol. The fraction of sp³-hybridized carbons (Fsp3) is 0.692. The molecule has 0 bridgehead atoms. The first-order valence-electron chi connectivity index (χ1n) is 6.46. The van der Waals surface area contributed by atoms with Crippen molar-refractivity contribution in [1.29, 1.82) is 0 Å². The quantitative estimate of drug-likeness (QED) is 0.866. The number of hydrogen-bond acceptors (Lipinski definition) is 4. The van der Waals surface area contributed by atoms with Crippen LogP contribution in [-0.4, -0.2) is 41.0 Å². The Labute approximate surface area is 103 Å². The van der Waals surface area contributed by atoms with Crippen LogP contribution in [0.4, 0.5) is 5.95 Å². The minimum Gasteiger partial charge on any atom is -0.350 e. The first kappa shape index (κ1) is 12.3. The Morgan fingerprint density at radius 2 is 2.18 bits per heavy atom. The van der Waals surface area contributed by atoms with Crippen molar-refractivity contribution >= 4 is 5.95 Å². The summed E-state index contributed by atoms with van der Waals surface area (Å²) in [6.07, 6.45) is 6.20. The van der Waals surface area contributed by atoms with E-state index in [4.69, 9.17) is 0 Å². The van der Waals surface area contributed by atoms with Crippen LogP contribution in [-0.2, 0) is 0 Å². The minimum atomic E-state index is 0.495. The molecule has 1 aliphatic heterocycles. The molecule has 17 heavy (non-hydrogen) atoms. The molecule has 1 aliphatic rings. The van der Waals surface area contributed by atoms with Crippen LogP contribution in [0.3, 0.4) is 0 Å². The van der Waals surface area contributed by atoms with Gasteiger partial charge in [-0.15, -0.1) is 0 Å². The van der Waals surface area contributed by atoms with Crippen LogP contribution in [0.2, 0.25) is 0 Å². The van der Waals surface area contributed by atoms with Crippen molar-refractivity contribution in [2.24, 2.45) is 0 Å². The molecule has 4 nitrogen and oxygen atoms in total. The van der Waals surface area contributed by atoms with Crippen molar-refractivity contribution in [2.75, 3.05) is 25.5 Å². The van der Waals surface area contributed by atoms with E-state index in [0.717, 1.165) is 25.5 Å². The zero-order valence-corrected chi connectivity index (χ0v) is 11.0. The predicted molar refractivity (Wildman–Crippen MR) is 70.3 cm³/mol. The van der Waals surface area contributed by atoms with Crippen LogP contribution in [0.15, 0.2) is 12.4 Å². The van der Waals surface area contributed by atoms with Gasteiger partial charge in [-0.1, -0.05) is 13.8 Å². The van der Waals surface area contributed by atoms with E-state index in [2.05, 4.69) is 41.1 Å². The Morgan fingerprint density at radius 1 is 1.47 bits per heavy atom. The molecule has 1 aromatic heterocycles. The Bertz CT molecular complexity index is 349. The molecule has 0 spiro atoms. The number of rotatable bonds is 4. The molecule has 1 N–H and O–H groups in total. The van der Waals surface area contributed by atoms with E-state index in [0.29, 0.717) is 12.0 Å². The van der Waals surface area contributed by atoms with Gasteiger partial charge in [0.15, 0.2) is 0 Å². The molecule has 1 fully saturated rings. The van der Waals surface area contributed by atoms with Crippen molar-refractivity contribution in [3.63, 3.8) is 0 Å². The summed E-state index contributed by atoms with van der Waals surface area (Å²) >= 11 is 0. The van der Waals surface area contributed by atoms with Gasteiger partial charge in [-0.05, 0) is 37.9 Å². The van der Waals surface area contributed by atoms with Gasteiger partial charge in [-0.2, -0.15) is 0 Å². The van der Waals surface area contributed by atoms with Crippen LogP contribution in [0.25, 0.3) is 0 Å².